The van der Waals surface area contributed by atoms with Gasteiger partial charge in [-0.2, -0.15) is 8.78 Å². The molecule has 0 bridgehead atoms. The topological polar surface area (TPSA) is 29.5 Å². The molecule has 0 aliphatic rings. The monoisotopic (exact) mass is 256 g/mol. The molecule has 6 heteroatoms. The number of phenolic OH excluding ortho intramolecular Hbond substituents is 1. The third-order valence-corrected chi connectivity index (χ3v) is 1.99. The molecular weight excluding hydrogens is 253 g/mol. The van der Waals surface area contributed by atoms with Crippen LogP contribution in [-0.2, 0) is 0 Å². The van der Waals surface area contributed by atoms with Gasteiger partial charge in [0, 0.05) is 12.1 Å². The maximum Gasteiger partial charge on any atom is 0.387 e. The first-order chi connectivity index (χ1) is 6.00. The van der Waals surface area contributed by atoms with Gasteiger partial charge in [0.15, 0.2) is 0 Å². The van der Waals surface area contributed by atoms with Crippen molar-refractivity contribution >= 4 is 15.9 Å². The van der Waals surface area contributed by atoms with E-state index in [1.54, 1.807) is 0 Å². The molecule has 0 unspecified atom stereocenters. The lowest BCUT2D eigenvalue weighted by Crippen LogP contribution is -2.02. The van der Waals surface area contributed by atoms with Crippen LogP contribution >= 0.6 is 15.9 Å². The first kappa shape index (κ1) is 10.2. The molecular formula is C7H4BrF3O2. The van der Waals surface area contributed by atoms with Crippen molar-refractivity contribution in [3.05, 3.63) is 22.4 Å². The predicted octanol–water partition coefficient (Wildman–Crippen LogP) is 2.90. The summed E-state index contributed by atoms with van der Waals surface area (Å²) in [4.78, 5) is 0. The zero-order valence-electron chi connectivity index (χ0n) is 6.10. The Hall–Kier alpha value is -0.910. The van der Waals surface area contributed by atoms with E-state index in [4.69, 9.17) is 5.11 Å². The Morgan fingerprint density at radius 2 is 2.00 bits per heavy atom. The van der Waals surface area contributed by atoms with Crippen LogP contribution in [0.4, 0.5) is 13.2 Å². The van der Waals surface area contributed by atoms with E-state index in [9.17, 15) is 13.2 Å². The minimum Gasteiger partial charge on any atom is -0.507 e. The number of aromatic hydroxyl groups is 1. The second kappa shape index (κ2) is 3.87. The van der Waals surface area contributed by atoms with Crippen molar-refractivity contribution in [3.63, 3.8) is 0 Å². The lowest BCUT2D eigenvalue weighted by atomic mass is 10.3. The van der Waals surface area contributed by atoms with Gasteiger partial charge in [-0.3, -0.25) is 0 Å². The van der Waals surface area contributed by atoms with Crippen LogP contribution < -0.4 is 4.74 Å². The van der Waals surface area contributed by atoms with Crippen LogP contribution in [0.25, 0.3) is 0 Å². The summed E-state index contributed by atoms with van der Waals surface area (Å²) in [6, 6.07) is 1.63. The zero-order chi connectivity index (χ0) is 10.0. The van der Waals surface area contributed by atoms with Crippen molar-refractivity contribution in [2.75, 3.05) is 0 Å². The number of benzene rings is 1. The highest BCUT2D eigenvalue weighted by molar-refractivity contribution is 9.10. The molecule has 0 amide bonds. The highest BCUT2D eigenvalue weighted by atomic mass is 79.9. The van der Waals surface area contributed by atoms with Gasteiger partial charge in [-0.05, 0) is 15.9 Å². The fraction of sp³-hybridized carbons (Fsp3) is 0.143. The molecule has 0 radical (unpaired) electrons. The summed E-state index contributed by atoms with van der Waals surface area (Å²) in [6.07, 6.45) is 0. The lowest BCUT2D eigenvalue weighted by molar-refractivity contribution is -0.0500. The maximum absolute atomic E-state index is 12.8. The van der Waals surface area contributed by atoms with E-state index in [1.807, 2.05) is 0 Å². The van der Waals surface area contributed by atoms with Crippen LogP contribution in [0.2, 0.25) is 0 Å². The van der Waals surface area contributed by atoms with Gasteiger partial charge in [-0.15, -0.1) is 0 Å². The van der Waals surface area contributed by atoms with E-state index < -0.39 is 23.9 Å². The summed E-state index contributed by atoms with van der Waals surface area (Å²) in [5, 5.41) is 8.98. The van der Waals surface area contributed by atoms with Crippen molar-refractivity contribution < 1.29 is 23.0 Å². The molecule has 0 saturated carbocycles. The van der Waals surface area contributed by atoms with Crippen LogP contribution in [0.3, 0.4) is 0 Å². The van der Waals surface area contributed by atoms with Gasteiger partial charge in [0.25, 0.3) is 0 Å². The summed E-state index contributed by atoms with van der Waals surface area (Å²) >= 11 is 2.71. The van der Waals surface area contributed by atoms with Gasteiger partial charge in [0.2, 0.25) is 0 Å². The average molecular weight is 257 g/mol. The molecule has 0 aromatic heterocycles. The normalized spacial score (nSPS) is 10.5. The molecule has 72 valence electrons. The summed E-state index contributed by atoms with van der Waals surface area (Å²) in [6.45, 7) is -3.04. The van der Waals surface area contributed by atoms with E-state index >= 15 is 0 Å². The molecule has 0 aliphatic carbocycles. The molecule has 2 nitrogen and oxygen atoms in total. The molecule has 0 saturated heterocycles. The van der Waals surface area contributed by atoms with Crippen molar-refractivity contribution in [2.24, 2.45) is 0 Å². The Kier molecular flexibility index (Phi) is 3.02. The molecule has 1 aromatic carbocycles. The quantitative estimate of drug-likeness (QED) is 0.882. The predicted molar refractivity (Wildman–Crippen MR) is 42.4 cm³/mol. The van der Waals surface area contributed by atoms with E-state index in [0.29, 0.717) is 0 Å². The third-order valence-electron chi connectivity index (χ3n) is 1.21. The lowest BCUT2D eigenvalue weighted by Gasteiger charge is -2.05. The van der Waals surface area contributed by atoms with E-state index in [-0.39, 0.29) is 4.47 Å². The molecule has 1 N–H and O–H groups in total. The van der Waals surface area contributed by atoms with Gasteiger partial charge in [0.1, 0.15) is 17.3 Å². The zero-order valence-corrected chi connectivity index (χ0v) is 7.69. The molecule has 0 atom stereocenters. The van der Waals surface area contributed by atoms with Gasteiger partial charge >= 0.3 is 6.61 Å². The number of ether oxygens (including phenoxy) is 1. The van der Waals surface area contributed by atoms with E-state index in [0.717, 1.165) is 12.1 Å². The molecule has 0 aliphatic heterocycles. The van der Waals surface area contributed by atoms with E-state index in [1.165, 1.54) is 0 Å². The first-order valence-electron chi connectivity index (χ1n) is 3.13. The average Bonchev–Trinajstić information content (AvgIpc) is 1.98. The third kappa shape index (κ3) is 2.51. The number of alkyl halides is 2. The molecule has 0 heterocycles. The van der Waals surface area contributed by atoms with Crippen LogP contribution in [0.5, 0.6) is 11.5 Å². The van der Waals surface area contributed by atoms with Crippen molar-refractivity contribution in [3.8, 4) is 11.5 Å². The Morgan fingerprint density at radius 3 is 2.46 bits per heavy atom. The standard InChI is InChI=1S/C7H4BrF3O2/c8-6-4(9)1-3(2-5(6)12)13-7(10)11/h1-2,7,12H. The molecule has 0 fully saturated rings. The summed E-state index contributed by atoms with van der Waals surface area (Å²) < 4.78 is 39.7. The number of halogens is 4. The smallest absolute Gasteiger partial charge is 0.387 e. The molecule has 1 aromatic rings. The maximum atomic E-state index is 12.8. The number of phenols is 1. The molecule has 1 rings (SSSR count). The molecule has 13 heavy (non-hydrogen) atoms. The number of hydrogen-bond donors (Lipinski definition) is 1. The van der Waals surface area contributed by atoms with Crippen molar-refractivity contribution in [1.29, 1.82) is 0 Å². The second-order valence-electron chi connectivity index (χ2n) is 2.12. The minimum absolute atomic E-state index is 0.186. The Morgan fingerprint density at radius 1 is 1.38 bits per heavy atom. The summed E-state index contributed by atoms with van der Waals surface area (Å²) in [7, 11) is 0. The summed E-state index contributed by atoms with van der Waals surface area (Å²) in [5.74, 6) is -1.78. The van der Waals surface area contributed by atoms with E-state index in [2.05, 4.69) is 20.7 Å². The van der Waals surface area contributed by atoms with Gasteiger partial charge in [0.05, 0.1) is 4.47 Å². The second-order valence-corrected chi connectivity index (χ2v) is 2.91. The van der Waals surface area contributed by atoms with Gasteiger partial charge < -0.3 is 9.84 Å². The van der Waals surface area contributed by atoms with Gasteiger partial charge in [-0.25, -0.2) is 4.39 Å². The van der Waals surface area contributed by atoms with Crippen LogP contribution in [0.15, 0.2) is 16.6 Å². The number of hydrogen-bond acceptors (Lipinski definition) is 2. The van der Waals surface area contributed by atoms with Crippen LogP contribution in [0.1, 0.15) is 0 Å². The molecule has 0 spiro atoms. The largest absolute Gasteiger partial charge is 0.507 e. The van der Waals surface area contributed by atoms with Gasteiger partial charge in [-0.1, -0.05) is 0 Å². The summed E-state index contributed by atoms with van der Waals surface area (Å²) in [5.41, 5.74) is 0. The SMILES string of the molecule is Oc1cc(OC(F)F)cc(F)c1Br. The fourth-order valence-electron chi connectivity index (χ4n) is 0.721. The Balaban J connectivity index is 2.99. The fourth-order valence-corrected chi connectivity index (χ4v) is 0.950. The first-order valence-corrected chi connectivity index (χ1v) is 3.93. The van der Waals surface area contributed by atoms with Crippen molar-refractivity contribution in [2.45, 2.75) is 6.61 Å². The Bertz CT molecular complexity index is 294. The minimum atomic E-state index is -3.04. The van der Waals surface area contributed by atoms with Crippen LogP contribution in [0, 0.1) is 5.82 Å². The highest BCUT2D eigenvalue weighted by Crippen LogP contribution is 2.31. The van der Waals surface area contributed by atoms with Crippen molar-refractivity contribution in [1.82, 2.24) is 0 Å². The Labute approximate surface area is 80.1 Å². The number of rotatable bonds is 2. The highest BCUT2D eigenvalue weighted by Gasteiger charge is 2.11. The van der Waals surface area contributed by atoms with Crippen LogP contribution in [-0.4, -0.2) is 11.7 Å².